The van der Waals surface area contributed by atoms with E-state index in [1.807, 2.05) is 0 Å². The van der Waals surface area contributed by atoms with Gasteiger partial charge in [0.15, 0.2) is 11.5 Å². The number of hydrogen-bond donors (Lipinski definition) is 2. The van der Waals surface area contributed by atoms with Crippen LogP contribution in [0, 0.1) is 0 Å². The van der Waals surface area contributed by atoms with Gasteiger partial charge >= 0.3 is 6.61 Å². The third-order valence-electron chi connectivity index (χ3n) is 3.53. The van der Waals surface area contributed by atoms with E-state index in [4.69, 9.17) is 4.74 Å². The molecule has 1 atom stereocenters. The smallest absolute Gasteiger partial charge is 0.387 e. The number of alkyl halides is 2. The molecule has 0 bridgehead atoms. The fourth-order valence-electron chi connectivity index (χ4n) is 2.30. The Kier molecular flexibility index (Phi) is 4.77. The molecule has 1 heterocycles. The second-order valence-corrected chi connectivity index (χ2v) is 5.20. The number of nitrogens with one attached hydrogen (secondary N) is 2. The van der Waals surface area contributed by atoms with E-state index in [0.717, 1.165) is 25.1 Å². The quantitative estimate of drug-likeness (QED) is 0.841. The maximum atomic E-state index is 12.2. The molecule has 112 valence electrons. The lowest BCUT2D eigenvalue weighted by Crippen LogP contribution is -2.43. The van der Waals surface area contributed by atoms with Crippen LogP contribution in [0.2, 0.25) is 0 Å². The minimum atomic E-state index is -2.85. The number of methoxy groups -OCH3 is 1. The van der Waals surface area contributed by atoms with Crippen LogP contribution in [0.5, 0.6) is 11.5 Å². The molecule has 1 aliphatic rings. The highest BCUT2D eigenvalue weighted by Gasteiger charge is 2.27. The molecule has 1 unspecified atom stereocenters. The van der Waals surface area contributed by atoms with Crippen molar-refractivity contribution in [3.05, 3.63) is 23.8 Å². The van der Waals surface area contributed by atoms with Crippen LogP contribution in [0.15, 0.2) is 18.2 Å². The lowest BCUT2D eigenvalue weighted by Gasteiger charge is -2.24. The van der Waals surface area contributed by atoms with Gasteiger partial charge in [-0.25, -0.2) is 0 Å². The van der Waals surface area contributed by atoms with E-state index >= 15 is 0 Å². The first kappa shape index (κ1) is 15.0. The molecule has 1 aromatic rings. The van der Waals surface area contributed by atoms with E-state index in [2.05, 4.69) is 22.3 Å². The summed E-state index contributed by atoms with van der Waals surface area (Å²) in [5, 5.41) is 6.79. The second-order valence-electron chi connectivity index (χ2n) is 5.20. The topological polar surface area (TPSA) is 42.5 Å². The van der Waals surface area contributed by atoms with E-state index in [-0.39, 0.29) is 11.3 Å². The van der Waals surface area contributed by atoms with Gasteiger partial charge in [0.2, 0.25) is 0 Å². The summed E-state index contributed by atoms with van der Waals surface area (Å²) in [6, 6.07) is 4.99. The van der Waals surface area contributed by atoms with E-state index in [1.54, 1.807) is 12.1 Å². The first-order chi connectivity index (χ1) is 9.52. The third kappa shape index (κ3) is 3.80. The van der Waals surface area contributed by atoms with Gasteiger partial charge in [-0.15, -0.1) is 0 Å². The van der Waals surface area contributed by atoms with Crippen molar-refractivity contribution < 1.29 is 18.3 Å². The Labute approximate surface area is 117 Å². The average molecular weight is 286 g/mol. The zero-order chi connectivity index (χ0) is 14.6. The van der Waals surface area contributed by atoms with Crippen LogP contribution in [-0.4, -0.2) is 32.3 Å². The predicted molar refractivity (Wildman–Crippen MR) is 72.4 cm³/mol. The highest BCUT2D eigenvalue weighted by atomic mass is 19.3. The summed E-state index contributed by atoms with van der Waals surface area (Å²) in [4.78, 5) is 0. The molecule has 1 aliphatic heterocycles. The molecule has 0 aromatic heterocycles. The molecule has 0 aliphatic carbocycles. The minimum absolute atomic E-state index is 0.0556. The zero-order valence-corrected chi connectivity index (χ0v) is 11.7. The van der Waals surface area contributed by atoms with E-state index in [0.29, 0.717) is 12.3 Å². The number of hydrogen-bond acceptors (Lipinski definition) is 4. The zero-order valence-electron chi connectivity index (χ0n) is 11.7. The first-order valence-electron chi connectivity index (χ1n) is 6.60. The van der Waals surface area contributed by atoms with Gasteiger partial charge in [-0.3, -0.25) is 0 Å². The maximum Gasteiger partial charge on any atom is 0.387 e. The summed E-state index contributed by atoms with van der Waals surface area (Å²) < 4.78 is 34.0. The number of benzene rings is 1. The van der Waals surface area contributed by atoms with Gasteiger partial charge in [0.05, 0.1) is 7.11 Å². The highest BCUT2D eigenvalue weighted by molar-refractivity contribution is 5.43. The van der Waals surface area contributed by atoms with Crippen molar-refractivity contribution in [2.45, 2.75) is 32.0 Å². The van der Waals surface area contributed by atoms with Crippen LogP contribution in [-0.2, 0) is 6.54 Å². The van der Waals surface area contributed by atoms with Crippen LogP contribution < -0.4 is 20.1 Å². The van der Waals surface area contributed by atoms with Crippen molar-refractivity contribution in [1.29, 1.82) is 0 Å². The molecule has 2 N–H and O–H groups in total. The SMILES string of the molecule is COc1cc(CNC2(C)CCNC2)ccc1OC(F)F. The van der Waals surface area contributed by atoms with Crippen LogP contribution >= 0.6 is 0 Å². The number of halogens is 2. The van der Waals surface area contributed by atoms with Gasteiger partial charge in [0.1, 0.15) is 0 Å². The van der Waals surface area contributed by atoms with E-state index < -0.39 is 6.61 Å². The Hall–Kier alpha value is -1.40. The van der Waals surface area contributed by atoms with Gasteiger partial charge in [0.25, 0.3) is 0 Å². The van der Waals surface area contributed by atoms with Crippen molar-refractivity contribution in [2.24, 2.45) is 0 Å². The van der Waals surface area contributed by atoms with Crippen LogP contribution in [0.4, 0.5) is 8.78 Å². The molecule has 0 amide bonds. The Morgan fingerprint density at radius 1 is 1.40 bits per heavy atom. The molecule has 4 nitrogen and oxygen atoms in total. The Morgan fingerprint density at radius 2 is 2.20 bits per heavy atom. The van der Waals surface area contributed by atoms with Crippen LogP contribution in [0.25, 0.3) is 0 Å². The predicted octanol–water partition coefficient (Wildman–Crippen LogP) is 2.14. The standard InChI is InChI=1S/C14H20F2N2O2/c1-14(5-6-17-9-14)18-8-10-3-4-11(20-13(15)16)12(7-10)19-2/h3-4,7,13,17-18H,5-6,8-9H2,1-2H3. The molecule has 20 heavy (non-hydrogen) atoms. The Bertz CT molecular complexity index is 449. The van der Waals surface area contributed by atoms with E-state index in [9.17, 15) is 8.78 Å². The van der Waals surface area contributed by atoms with Crippen molar-refractivity contribution >= 4 is 0 Å². The van der Waals surface area contributed by atoms with Gasteiger partial charge < -0.3 is 20.1 Å². The van der Waals surface area contributed by atoms with Crippen molar-refractivity contribution in [2.75, 3.05) is 20.2 Å². The van der Waals surface area contributed by atoms with Crippen molar-refractivity contribution in [3.63, 3.8) is 0 Å². The second kappa shape index (κ2) is 6.37. The average Bonchev–Trinajstić information content (AvgIpc) is 2.84. The summed E-state index contributed by atoms with van der Waals surface area (Å²) in [6.07, 6.45) is 1.07. The lowest BCUT2D eigenvalue weighted by molar-refractivity contribution is -0.0512. The Morgan fingerprint density at radius 3 is 2.80 bits per heavy atom. The molecule has 0 saturated carbocycles. The summed E-state index contributed by atoms with van der Waals surface area (Å²) in [6.45, 7) is 1.91. The number of ether oxygens (including phenoxy) is 2. The van der Waals surface area contributed by atoms with Gasteiger partial charge in [-0.1, -0.05) is 6.07 Å². The Balaban J connectivity index is 2.01. The molecule has 1 aromatic carbocycles. The lowest BCUT2D eigenvalue weighted by atomic mass is 10.0. The fraction of sp³-hybridized carbons (Fsp3) is 0.571. The molecule has 2 rings (SSSR count). The molecule has 1 fully saturated rings. The molecule has 6 heteroatoms. The van der Waals surface area contributed by atoms with Gasteiger partial charge in [-0.2, -0.15) is 8.78 Å². The highest BCUT2D eigenvalue weighted by Crippen LogP contribution is 2.29. The molecular weight excluding hydrogens is 266 g/mol. The summed E-state index contributed by atoms with van der Waals surface area (Å²) in [7, 11) is 1.44. The van der Waals surface area contributed by atoms with Crippen LogP contribution in [0.1, 0.15) is 18.9 Å². The molecule has 1 saturated heterocycles. The largest absolute Gasteiger partial charge is 0.493 e. The van der Waals surface area contributed by atoms with Gasteiger partial charge in [-0.05, 0) is 37.6 Å². The first-order valence-corrected chi connectivity index (χ1v) is 6.60. The van der Waals surface area contributed by atoms with E-state index in [1.165, 1.54) is 13.2 Å². The maximum absolute atomic E-state index is 12.2. The van der Waals surface area contributed by atoms with Gasteiger partial charge in [0, 0.05) is 18.6 Å². The van der Waals surface area contributed by atoms with Crippen molar-refractivity contribution in [1.82, 2.24) is 10.6 Å². The van der Waals surface area contributed by atoms with Crippen molar-refractivity contribution in [3.8, 4) is 11.5 Å². The van der Waals surface area contributed by atoms with Crippen LogP contribution in [0.3, 0.4) is 0 Å². The summed E-state index contributed by atoms with van der Waals surface area (Å²) in [5.74, 6) is 0.374. The summed E-state index contributed by atoms with van der Waals surface area (Å²) >= 11 is 0. The molecule has 0 spiro atoms. The summed E-state index contributed by atoms with van der Waals surface area (Å²) in [5.41, 5.74) is 1.04. The monoisotopic (exact) mass is 286 g/mol. The molecule has 0 radical (unpaired) electrons. The minimum Gasteiger partial charge on any atom is -0.493 e. The normalized spacial score (nSPS) is 22.2. The molecular formula is C14H20F2N2O2. The number of rotatable bonds is 6. The fourth-order valence-corrected chi connectivity index (χ4v) is 2.30. The third-order valence-corrected chi connectivity index (χ3v) is 3.53.